The summed E-state index contributed by atoms with van der Waals surface area (Å²) in [6.45, 7) is 2.07. The number of aromatic nitrogens is 2. The zero-order valence-electron chi connectivity index (χ0n) is 12.1. The SMILES string of the molecule is CC(NC(=O)c1ccn(-c2cccc(N)c2)n1)C1CCC1. The van der Waals surface area contributed by atoms with Gasteiger partial charge in [0.2, 0.25) is 0 Å². The van der Waals surface area contributed by atoms with Crippen LogP contribution in [0.1, 0.15) is 36.7 Å². The molecule has 2 aromatic rings. The molecule has 1 aromatic carbocycles. The lowest BCUT2D eigenvalue weighted by Gasteiger charge is -2.31. The first-order valence-corrected chi connectivity index (χ1v) is 7.36. The highest BCUT2D eigenvalue weighted by atomic mass is 16.2. The Labute approximate surface area is 124 Å². The third kappa shape index (κ3) is 2.91. The third-order valence-corrected chi connectivity index (χ3v) is 4.17. The summed E-state index contributed by atoms with van der Waals surface area (Å²) >= 11 is 0. The van der Waals surface area contributed by atoms with Crippen LogP contribution in [0.25, 0.3) is 5.69 Å². The van der Waals surface area contributed by atoms with E-state index in [9.17, 15) is 4.79 Å². The summed E-state index contributed by atoms with van der Waals surface area (Å²) < 4.78 is 1.67. The number of nitrogens with one attached hydrogen (secondary N) is 1. The molecule has 1 heterocycles. The zero-order chi connectivity index (χ0) is 14.8. The minimum absolute atomic E-state index is 0.114. The maximum absolute atomic E-state index is 12.2. The van der Waals surface area contributed by atoms with E-state index >= 15 is 0 Å². The molecule has 1 atom stereocenters. The normalized spacial score (nSPS) is 16.2. The lowest BCUT2D eigenvalue weighted by atomic mass is 9.80. The molecule has 0 bridgehead atoms. The van der Waals surface area contributed by atoms with Gasteiger partial charge in [-0.3, -0.25) is 4.79 Å². The summed E-state index contributed by atoms with van der Waals surface area (Å²) in [4.78, 5) is 12.2. The number of carbonyl (C=O) groups excluding carboxylic acids is 1. The molecule has 1 aliphatic rings. The van der Waals surface area contributed by atoms with Gasteiger partial charge >= 0.3 is 0 Å². The first-order valence-electron chi connectivity index (χ1n) is 7.36. The van der Waals surface area contributed by atoms with Crippen LogP contribution in [0.2, 0.25) is 0 Å². The molecule has 0 saturated heterocycles. The number of carbonyl (C=O) groups is 1. The molecule has 0 spiro atoms. The molecule has 1 aliphatic carbocycles. The molecular weight excluding hydrogens is 264 g/mol. The molecule has 0 radical (unpaired) electrons. The third-order valence-electron chi connectivity index (χ3n) is 4.17. The highest BCUT2D eigenvalue weighted by molar-refractivity contribution is 5.92. The van der Waals surface area contributed by atoms with Gasteiger partial charge in [-0.1, -0.05) is 12.5 Å². The summed E-state index contributed by atoms with van der Waals surface area (Å²) in [7, 11) is 0. The van der Waals surface area contributed by atoms with Crippen LogP contribution in [0.15, 0.2) is 36.5 Å². The van der Waals surface area contributed by atoms with Crippen LogP contribution in [-0.4, -0.2) is 21.7 Å². The summed E-state index contributed by atoms with van der Waals surface area (Å²) in [6, 6.07) is 9.36. The van der Waals surface area contributed by atoms with E-state index in [1.165, 1.54) is 19.3 Å². The van der Waals surface area contributed by atoms with E-state index < -0.39 is 0 Å². The molecule has 1 aromatic heterocycles. The highest BCUT2D eigenvalue weighted by Crippen LogP contribution is 2.29. The number of hydrogen-bond donors (Lipinski definition) is 2. The van der Waals surface area contributed by atoms with Crippen molar-refractivity contribution in [3.63, 3.8) is 0 Å². The lowest BCUT2D eigenvalue weighted by Crippen LogP contribution is -2.40. The summed E-state index contributed by atoms with van der Waals surface area (Å²) in [5.41, 5.74) is 7.72. The Balaban J connectivity index is 1.70. The van der Waals surface area contributed by atoms with Gasteiger partial charge in [0, 0.05) is 17.9 Å². The number of nitrogens with zero attached hydrogens (tertiary/aromatic N) is 2. The van der Waals surface area contributed by atoms with Gasteiger partial charge in [-0.05, 0) is 49.9 Å². The van der Waals surface area contributed by atoms with Crippen molar-refractivity contribution in [3.8, 4) is 5.69 Å². The van der Waals surface area contributed by atoms with Crippen molar-refractivity contribution in [1.82, 2.24) is 15.1 Å². The predicted octanol–water partition coefficient (Wildman–Crippen LogP) is 2.37. The molecule has 21 heavy (non-hydrogen) atoms. The van der Waals surface area contributed by atoms with E-state index in [0.717, 1.165) is 5.69 Å². The Morgan fingerprint density at radius 1 is 1.43 bits per heavy atom. The van der Waals surface area contributed by atoms with Gasteiger partial charge in [0.05, 0.1) is 5.69 Å². The fourth-order valence-electron chi connectivity index (χ4n) is 2.59. The topological polar surface area (TPSA) is 72.9 Å². The summed E-state index contributed by atoms with van der Waals surface area (Å²) in [5.74, 6) is 0.502. The van der Waals surface area contributed by atoms with Gasteiger partial charge < -0.3 is 11.1 Å². The monoisotopic (exact) mass is 284 g/mol. The number of nitrogen functional groups attached to an aromatic ring is 1. The van der Waals surface area contributed by atoms with Crippen molar-refractivity contribution < 1.29 is 4.79 Å². The van der Waals surface area contributed by atoms with E-state index in [0.29, 0.717) is 17.3 Å². The Morgan fingerprint density at radius 3 is 2.90 bits per heavy atom. The minimum Gasteiger partial charge on any atom is -0.399 e. The molecule has 110 valence electrons. The van der Waals surface area contributed by atoms with Crippen LogP contribution in [0, 0.1) is 5.92 Å². The maximum atomic E-state index is 12.2. The van der Waals surface area contributed by atoms with Crippen LogP contribution < -0.4 is 11.1 Å². The van der Waals surface area contributed by atoms with Crippen molar-refractivity contribution in [2.75, 3.05) is 5.73 Å². The fraction of sp³-hybridized carbons (Fsp3) is 0.375. The average Bonchev–Trinajstić information content (AvgIpc) is 2.86. The van der Waals surface area contributed by atoms with Crippen molar-refractivity contribution >= 4 is 11.6 Å². The van der Waals surface area contributed by atoms with Crippen molar-refractivity contribution in [1.29, 1.82) is 0 Å². The van der Waals surface area contributed by atoms with Crippen molar-refractivity contribution in [2.24, 2.45) is 5.92 Å². The molecular formula is C16H20N4O. The second-order valence-corrected chi connectivity index (χ2v) is 5.69. The van der Waals surface area contributed by atoms with Gasteiger partial charge in [-0.2, -0.15) is 5.10 Å². The first kappa shape index (κ1) is 13.7. The number of hydrogen-bond acceptors (Lipinski definition) is 3. The van der Waals surface area contributed by atoms with Crippen LogP contribution in [0.3, 0.4) is 0 Å². The number of nitrogens with two attached hydrogens (primary N) is 1. The Bertz CT molecular complexity index is 645. The van der Waals surface area contributed by atoms with Gasteiger partial charge in [0.15, 0.2) is 5.69 Å². The fourth-order valence-corrected chi connectivity index (χ4v) is 2.59. The molecule has 1 saturated carbocycles. The van der Waals surface area contributed by atoms with Crippen molar-refractivity contribution in [3.05, 3.63) is 42.2 Å². The number of amides is 1. The second kappa shape index (κ2) is 5.60. The zero-order valence-corrected chi connectivity index (χ0v) is 12.1. The highest BCUT2D eigenvalue weighted by Gasteiger charge is 2.25. The number of rotatable bonds is 4. The second-order valence-electron chi connectivity index (χ2n) is 5.69. The Morgan fingerprint density at radius 2 is 2.24 bits per heavy atom. The standard InChI is InChI=1S/C16H20N4O/c1-11(12-4-2-5-12)18-16(21)15-8-9-20(19-15)14-7-3-6-13(17)10-14/h3,6-12H,2,4-5,17H2,1H3,(H,18,21). The molecule has 3 N–H and O–H groups in total. The lowest BCUT2D eigenvalue weighted by molar-refractivity contribution is 0.0904. The van der Waals surface area contributed by atoms with E-state index in [2.05, 4.69) is 17.3 Å². The number of benzene rings is 1. The van der Waals surface area contributed by atoms with Crippen LogP contribution in [0.5, 0.6) is 0 Å². The van der Waals surface area contributed by atoms with E-state index in [1.54, 1.807) is 16.9 Å². The molecule has 5 nitrogen and oxygen atoms in total. The Hall–Kier alpha value is -2.30. The smallest absolute Gasteiger partial charge is 0.272 e. The average molecular weight is 284 g/mol. The predicted molar refractivity (Wildman–Crippen MR) is 82.2 cm³/mol. The summed E-state index contributed by atoms with van der Waals surface area (Å²) in [6.07, 6.45) is 5.46. The van der Waals surface area contributed by atoms with Gasteiger partial charge in [-0.25, -0.2) is 4.68 Å². The molecule has 5 heteroatoms. The molecule has 1 amide bonds. The van der Waals surface area contributed by atoms with Crippen LogP contribution in [-0.2, 0) is 0 Å². The maximum Gasteiger partial charge on any atom is 0.272 e. The Kier molecular flexibility index (Phi) is 3.64. The van der Waals surface area contributed by atoms with Gasteiger partial charge in [0.25, 0.3) is 5.91 Å². The molecule has 0 aliphatic heterocycles. The first-order chi connectivity index (χ1) is 10.1. The van der Waals surface area contributed by atoms with Crippen LogP contribution >= 0.6 is 0 Å². The number of anilines is 1. The van der Waals surface area contributed by atoms with Crippen LogP contribution in [0.4, 0.5) is 5.69 Å². The largest absolute Gasteiger partial charge is 0.399 e. The van der Waals surface area contributed by atoms with Gasteiger partial charge in [0.1, 0.15) is 0 Å². The molecule has 3 rings (SSSR count). The summed E-state index contributed by atoms with van der Waals surface area (Å²) in [5, 5.41) is 7.36. The van der Waals surface area contributed by atoms with E-state index in [1.807, 2.05) is 24.3 Å². The van der Waals surface area contributed by atoms with Crippen molar-refractivity contribution in [2.45, 2.75) is 32.2 Å². The minimum atomic E-state index is -0.114. The molecule has 1 unspecified atom stereocenters. The quantitative estimate of drug-likeness (QED) is 0.847. The van der Waals surface area contributed by atoms with E-state index in [4.69, 9.17) is 5.73 Å². The molecule has 1 fully saturated rings. The van der Waals surface area contributed by atoms with E-state index in [-0.39, 0.29) is 11.9 Å². The van der Waals surface area contributed by atoms with Gasteiger partial charge in [-0.15, -0.1) is 0 Å².